The van der Waals surface area contributed by atoms with E-state index in [-0.39, 0.29) is 12.5 Å². The van der Waals surface area contributed by atoms with E-state index in [9.17, 15) is 14.4 Å². The average Bonchev–Trinajstić information content (AvgIpc) is 2.60. The molecule has 0 aromatic heterocycles. The van der Waals surface area contributed by atoms with Crippen LogP contribution in [-0.4, -0.2) is 30.7 Å². The van der Waals surface area contributed by atoms with Crippen LogP contribution in [0.4, 0.5) is 0 Å². The highest BCUT2D eigenvalue weighted by atomic mass is 16.2. The summed E-state index contributed by atoms with van der Waals surface area (Å²) in [6.45, 7) is -0.174. The molecule has 0 fully saturated rings. The number of amides is 2. The molecule has 2 aromatic rings. The largest absolute Gasteiger partial charge is 0.345 e. The van der Waals surface area contributed by atoms with Crippen LogP contribution in [0.3, 0.4) is 0 Å². The van der Waals surface area contributed by atoms with Gasteiger partial charge in [-0.1, -0.05) is 48.5 Å². The second-order valence-electron chi connectivity index (χ2n) is 5.05. The minimum absolute atomic E-state index is 0.174. The molecular formula is C18H18N2O3. The topological polar surface area (TPSA) is 75.3 Å². The van der Waals surface area contributed by atoms with E-state index in [0.717, 1.165) is 5.56 Å². The number of nitrogens with one attached hydrogen (secondary N) is 2. The number of benzene rings is 2. The average molecular weight is 310 g/mol. The predicted molar refractivity (Wildman–Crippen MR) is 86.9 cm³/mol. The minimum atomic E-state index is -0.612. The fourth-order valence-corrected chi connectivity index (χ4v) is 2.11. The Bertz CT molecular complexity index is 656. The van der Waals surface area contributed by atoms with Crippen molar-refractivity contribution in [3.8, 4) is 0 Å². The van der Waals surface area contributed by atoms with Crippen molar-refractivity contribution in [2.45, 2.75) is 12.5 Å². The Morgan fingerprint density at radius 2 is 1.57 bits per heavy atom. The lowest BCUT2D eigenvalue weighted by molar-refractivity contribution is -0.123. The highest BCUT2D eigenvalue weighted by Crippen LogP contribution is 2.02. The molecule has 2 N–H and O–H groups in total. The molecule has 5 nitrogen and oxygen atoms in total. The monoisotopic (exact) mass is 310 g/mol. The van der Waals surface area contributed by atoms with Crippen molar-refractivity contribution in [1.82, 2.24) is 10.6 Å². The Hall–Kier alpha value is -2.95. The summed E-state index contributed by atoms with van der Waals surface area (Å²) >= 11 is 0. The van der Waals surface area contributed by atoms with Gasteiger partial charge in [0.05, 0.1) is 12.6 Å². The molecular weight excluding hydrogens is 292 g/mol. The fraction of sp³-hybridized carbons (Fsp3) is 0.167. The van der Waals surface area contributed by atoms with Crippen molar-refractivity contribution in [3.05, 3.63) is 71.8 Å². The van der Waals surface area contributed by atoms with Crippen molar-refractivity contribution < 1.29 is 14.4 Å². The zero-order valence-corrected chi connectivity index (χ0v) is 12.6. The van der Waals surface area contributed by atoms with Crippen molar-refractivity contribution in [1.29, 1.82) is 0 Å². The van der Waals surface area contributed by atoms with Gasteiger partial charge < -0.3 is 15.4 Å². The third-order valence-electron chi connectivity index (χ3n) is 3.25. The molecule has 0 aliphatic rings. The van der Waals surface area contributed by atoms with Crippen molar-refractivity contribution in [3.63, 3.8) is 0 Å². The summed E-state index contributed by atoms with van der Waals surface area (Å²) in [7, 11) is 0. The first-order valence-electron chi connectivity index (χ1n) is 7.31. The fourth-order valence-electron chi connectivity index (χ4n) is 2.11. The normalized spacial score (nSPS) is 11.3. The molecule has 23 heavy (non-hydrogen) atoms. The maximum Gasteiger partial charge on any atom is 0.251 e. The Morgan fingerprint density at radius 1 is 0.957 bits per heavy atom. The van der Waals surface area contributed by atoms with Crippen LogP contribution >= 0.6 is 0 Å². The summed E-state index contributed by atoms with van der Waals surface area (Å²) in [6.07, 6.45) is 1.12. The summed E-state index contributed by atoms with van der Waals surface area (Å²) in [6, 6.07) is 17.4. The Kier molecular flexibility index (Phi) is 6.06. The molecule has 118 valence electrons. The smallest absolute Gasteiger partial charge is 0.251 e. The van der Waals surface area contributed by atoms with Gasteiger partial charge >= 0.3 is 0 Å². The van der Waals surface area contributed by atoms with E-state index in [1.54, 1.807) is 24.3 Å². The molecule has 5 heteroatoms. The van der Waals surface area contributed by atoms with E-state index in [4.69, 9.17) is 0 Å². The van der Waals surface area contributed by atoms with Gasteiger partial charge in [0.25, 0.3) is 5.91 Å². The number of hydrogen-bond acceptors (Lipinski definition) is 3. The second kappa shape index (κ2) is 8.48. The third kappa shape index (κ3) is 5.39. The van der Waals surface area contributed by atoms with E-state index >= 15 is 0 Å². The van der Waals surface area contributed by atoms with E-state index in [0.29, 0.717) is 18.3 Å². The van der Waals surface area contributed by atoms with Gasteiger partial charge in [0.1, 0.15) is 6.29 Å². The molecule has 0 spiro atoms. The Balaban J connectivity index is 1.81. The van der Waals surface area contributed by atoms with Gasteiger partial charge in [0.15, 0.2) is 0 Å². The second-order valence-corrected chi connectivity index (χ2v) is 5.05. The zero-order valence-electron chi connectivity index (χ0n) is 12.6. The number of carbonyl (C=O) groups excluding carboxylic acids is 3. The van der Waals surface area contributed by atoms with E-state index < -0.39 is 11.9 Å². The number of hydrogen-bond donors (Lipinski definition) is 2. The molecule has 2 amide bonds. The van der Waals surface area contributed by atoms with Crippen LogP contribution in [0.25, 0.3) is 0 Å². The van der Waals surface area contributed by atoms with Crippen molar-refractivity contribution in [2.24, 2.45) is 0 Å². The summed E-state index contributed by atoms with van der Waals surface area (Å²) in [4.78, 5) is 34.8. The standard InChI is InChI=1S/C18H18N2O3/c21-13-16(11-14-7-3-1-4-8-14)20-17(22)12-19-18(23)15-9-5-2-6-10-15/h1-10,13,16H,11-12H2,(H,19,23)(H,20,22). The van der Waals surface area contributed by atoms with Gasteiger partial charge in [-0.2, -0.15) is 0 Å². The molecule has 0 aliphatic heterocycles. The molecule has 0 saturated heterocycles. The van der Waals surface area contributed by atoms with Gasteiger partial charge in [0.2, 0.25) is 5.91 Å². The first-order chi connectivity index (χ1) is 11.2. The van der Waals surface area contributed by atoms with Crippen molar-refractivity contribution in [2.75, 3.05) is 6.54 Å². The summed E-state index contributed by atoms with van der Waals surface area (Å²) in [5.41, 5.74) is 1.44. The van der Waals surface area contributed by atoms with Crippen LogP contribution in [0.15, 0.2) is 60.7 Å². The van der Waals surface area contributed by atoms with E-state index in [2.05, 4.69) is 10.6 Å². The highest BCUT2D eigenvalue weighted by molar-refractivity contribution is 5.96. The van der Waals surface area contributed by atoms with Crippen LogP contribution in [0, 0.1) is 0 Å². The molecule has 0 saturated carbocycles. The number of carbonyl (C=O) groups is 3. The summed E-state index contributed by atoms with van der Waals surface area (Å²) in [5.74, 6) is -0.728. The molecule has 2 aromatic carbocycles. The van der Waals surface area contributed by atoms with Crippen molar-refractivity contribution >= 4 is 18.1 Å². The molecule has 2 rings (SSSR count). The Morgan fingerprint density at radius 3 is 2.17 bits per heavy atom. The highest BCUT2D eigenvalue weighted by Gasteiger charge is 2.13. The first kappa shape index (κ1) is 16.4. The number of aldehydes is 1. The maximum absolute atomic E-state index is 11.9. The van der Waals surface area contributed by atoms with Crippen LogP contribution in [0.5, 0.6) is 0 Å². The van der Waals surface area contributed by atoms with E-state index in [1.807, 2.05) is 36.4 Å². The van der Waals surface area contributed by atoms with Gasteiger partial charge in [-0.3, -0.25) is 9.59 Å². The van der Waals surface area contributed by atoms with Gasteiger partial charge in [-0.25, -0.2) is 0 Å². The van der Waals surface area contributed by atoms with E-state index in [1.165, 1.54) is 0 Å². The van der Waals surface area contributed by atoms with Gasteiger partial charge in [-0.15, -0.1) is 0 Å². The lowest BCUT2D eigenvalue weighted by Gasteiger charge is -2.13. The third-order valence-corrected chi connectivity index (χ3v) is 3.25. The molecule has 0 aliphatic carbocycles. The quantitative estimate of drug-likeness (QED) is 0.758. The molecule has 1 unspecified atom stereocenters. The predicted octanol–water partition coefficient (Wildman–Crippen LogP) is 1.34. The van der Waals surface area contributed by atoms with Gasteiger partial charge in [0, 0.05) is 5.56 Å². The zero-order chi connectivity index (χ0) is 16.5. The lowest BCUT2D eigenvalue weighted by atomic mass is 10.1. The molecule has 0 radical (unpaired) electrons. The molecule has 1 atom stereocenters. The minimum Gasteiger partial charge on any atom is -0.345 e. The molecule has 0 bridgehead atoms. The van der Waals surface area contributed by atoms with Crippen LogP contribution in [0.1, 0.15) is 15.9 Å². The lowest BCUT2D eigenvalue weighted by Crippen LogP contribution is -2.43. The summed E-state index contributed by atoms with van der Waals surface area (Å²) < 4.78 is 0. The SMILES string of the molecule is O=CC(Cc1ccccc1)NC(=O)CNC(=O)c1ccccc1. The Labute approximate surface area is 134 Å². The van der Waals surface area contributed by atoms with Crippen LogP contribution in [0.2, 0.25) is 0 Å². The van der Waals surface area contributed by atoms with Gasteiger partial charge in [-0.05, 0) is 24.1 Å². The number of rotatable bonds is 7. The van der Waals surface area contributed by atoms with Crippen LogP contribution < -0.4 is 10.6 Å². The first-order valence-corrected chi connectivity index (χ1v) is 7.31. The maximum atomic E-state index is 11.9. The summed E-state index contributed by atoms with van der Waals surface area (Å²) in [5, 5.41) is 5.13. The van der Waals surface area contributed by atoms with Crippen LogP contribution in [-0.2, 0) is 16.0 Å². The molecule has 0 heterocycles.